The SMILES string of the molecule is O=C(COc1ccccc1-c1nc2ccccc2c(=O)[nH]1)Nc1ccccc1. The van der Waals surface area contributed by atoms with Crippen LogP contribution in [0.2, 0.25) is 0 Å². The molecule has 4 aromatic rings. The first-order valence-corrected chi connectivity index (χ1v) is 8.77. The number of rotatable bonds is 5. The van der Waals surface area contributed by atoms with E-state index in [0.717, 1.165) is 0 Å². The van der Waals surface area contributed by atoms with Gasteiger partial charge in [0, 0.05) is 5.69 Å². The van der Waals surface area contributed by atoms with E-state index in [2.05, 4.69) is 15.3 Å². The van der Waals surface area contributed by atoms with E-state index in [-0.39, 0.29) is 18.1 Å². The van der Waals surface area contributed by atoms with Crippen LogP contribution in [0.4, 0.5) is 5.69 Å². The average Bonchev–Trinajstić information content (AvgIpc) is 2.73. The highest BCUT2D eigenvalue weighted by Crippen LogP contribution is 2.27. The molecule has 0 unspecified atom stereocenters. The molecule has 0 aliphatic carbocycles. The molecular weight excluding hydrogens is 354 g/mol. The topological polar surface area (TPSA) is 84.1 Å². The third-order valence-electron chi connectivity index (χ3n) is 4.17. The van der Waals surface area contributed by atoms with Crippen molar-refractivity contribution in [1.29, 1.82) is 0 Å². The fourth-order valence-electron chi connectivity index (χ4n) is 2.86. The molecule has 0 aliphatic heterocycles. The Morgan fingerprint density at radius 1 is 0.929 bits per heavy atom. The molecule has 0 saturated heterocycles. The first kappa shape index (κ1) is 17.5. The Labute approximate surface area is 160 Å². The van der Waals surface area contributed by atoms with Crippen molar-refractivity contribution < 1.29 is 9.53 Å². The monoisotopic (exact) mass is 371 g/mol. The van der Waals surface area contributed by atoms with Gasteiger partial charge in [0.15, 0.2) is 6.61 Å². The number of carbonyl (C=O) groups excluding carboxylic acids is 1. The lowest BCUT2D eigenvalue weighted by Gasteiger charge is -2.11. The van der Waals surface area contributed by atoms with Crippen molar-refractivity contribution in [1.82, 2.24) is 9.97 Å². The normalized spacial score (nSPS) is 10.6. The Bertz CT molecular complexity index is 1190. The van der Waals surface area contributed by atoms with Crippen LogP contribution in [0.25, 0.3) is 22.3 Å². The first-order chi connectivity index (χ1) is 13.7. The minimum atomic E-state index is -0.277. The molecule has 0 fully saturated rings. The summed E-state index contributed by atoms with van der Waals surface area (Å²) < 4.78 is 5.70. The van der Waals surface area contributed by atoms with Crippen LogP contribution in [0.3, 0.4) is 0 Å². The van der Waals surface area contributed by atoms with Crippen LogP contribution >= 0.6 is 0 Å². The zero-order chi connectivity index (χ0) is 19.3. The summed E-state index contributed by atoms with van der Waals surface area (Å²) in [5.74, 6) is 0.577. The molecule has 6 heteroatoms. The number of amides is 1. The van der Waals surface area contributed by atoms with Crippen LogP contribution < -0.4 is 15.6 Å². The molecule has 4 rings (SSSR count). The Hall–Kier alpha value is -3.93. The van der Waals surface area contributed by atoms with Crippen molar-refractivity contribution >= 4 is 22.5 Å². The number of nitrogens with one attached hydrogen (secondary N) is 2. The van der Waals surface area contributed by atoms with Crippen LogP contribution in [0.15, 0.2) is 83.7 Å². The molecule has 1 amide bonds. The van der Waals surface area contributed by atoms with E-state index in [9.17, 15) is 9.59 Å². The predicted molar refractivity (Wildman–Crippen MR) is 108 cm³/mol. The van der Waals surface area contributed by atoms with Crippen molar-refractivity contribution in [3.63, 3.8) is 0 Å². The van der Waals surface area contributed by atoms with Gasteiger partial charge in [0.1, 0.15) is 11.6 Å². The highest BCUT2D eigenvalue weighted by molar-refractivity contribution is 5.92. The molecule has 0 atom stereocenters. The summed E-state index contributed by atoms with van der Waals surface area (Å²) in [6, 6.07) is 23.4. The number of anilines is 1. The predicted octanol–water partition coefficient (Wildman–Crippen LogP) is 3.61. The fourth-order valence-corrected chi connectivity index (χ4v) is 2.86. The minimum Gasteiger partial charge on any atom is -0.483 e. The smallest absolute Gasteiger partial charge is 0.262 e. The van der Waals surface area contributed by atoms with Gasteiger partial charge >= 0.3 is 0 Å². The number of nitrogens with zero attached hydrogens (tertiary/aromatic N) is 1. The van der Waals surface area contributed by atoms with E-state index < -0.39 is 0 Å². The number of ether oxygens (including phenoxy) is 1. The molecule has 0 aliphatic rings. The summed E-state index contributed by atoms with van der Waals surface area (Å²) in [5.41, 5.74) is 1.68. The average molecular weight is 371 g/mol. The standard InChI is InChI=1S/C22H17N3O3/c26-20(23-15-8-2-1-3-9-15)14-28-19-13-7-5-11-17(19)21-24-18-12-6-4-10-16(18)22(27)25-21/h1-13H,14H2,(H,23,26)(H,24,25,27). The summed E-state index contributed by atoms with van der Waals surface area (Å²) in [6.07, 6.45) is 0. The van der Waals surface area contributed by atoms with Crippen LogP contribution in [-0.2, 0) is 4.79 Å². The van der Waals surface area contributed by atoms with E-state index in [0.29, 0.717) is 33.7 Å². The second kappa shape index (κ2) is 7.75. The maximum atomic E-state index is 12.4. The number of para-hydroxylation sites is 3. The van der Waals surface area contributed by atoms with Gasteiger partial charge in [0.05, 0.1) is 16.5 Å². The maximum absolute atomic E-state index is 12.4. The van der Waals surface area contributed by atoms with Crippen molar-refractivity contribution in [3.05, 3.63) is 89.2 Å². The number of carbonyl (C=O) groups is 1. The van der Waals surface area contributed by atoms with Crippen LogP contribution in [0.5, 0.6) is 5.75 Å². The van der Waals surface area contributed by atoms with Gasteiger partial charge in [-0.25, -0.2) is 4.98 Å². The van der Waals surface area contributed by atoms with E-state index >= 15 is 0 Å². The van der Waals surface area contributed by atoms with Crippen LogP contribution in [0, 0.1) is 0 Å². The molecule has 2 N–H and O–H groups in total. The van der Waals surface area contributed by atoms with Gasteiger partial charge in [0.2, 0.25) is 0 Å². The van der Waals surface area contributed by atoms with Gasteiger partial charge < -0.3 is 15.0 Å². The number of fused-ring (bicyclic) bond motifs is 1. The van der Waals surface area contributed by atoms with E-state index in [1.807, 2.05) is 30.3 Å². The van der Waals surface area contributed by atoms with Crippen molar-refractivity contribution in [2.75, 3.05) is 11.9 Å². The molecule has 0 radical (unpaired) electrons. The maximum Gasteiger partial charge on any atom is 0.262 e. The number of benzene rings is 3. The summed E-state index contributed by atoms with van der Waals surface area (Å²) in [5, 5.41) is 3.29. The Kier molecular flexibility index (Phi) is 4.84. The van der Waals surface area contributed by atoms with Gasteiger partial charge in [0.25, 0.3) is 11.5 Å². The van der Waals surface area contributed by atoms with E-state index in [1.54, 1.807) is 48.5 Å². The molecule has 0 saturated carbocycles. The number of H-pyrrole nitrogens is 1. The fraction of sp³-hybridized carbons (Fsp3) is 0.0455. The zero-order valence-corrected chi connectivity index (χ0v) is 14.9. The molecule has 1 aromatic heterocycles. The summed E-state index contributed by atoms with van der Waals surface area (Å²) in [7, 11) is 0. The van der Waals surface area contributed by atoms with Gasteiger partial charge in [-0.15, -0.1) is 0 Å². The van der Waals surface area contributed by atoms with Crippen molar-refractivity contribution in [2.45, 2.75) is 0 Å². The molecule has 1 heterocycles. The Morgan fingerprint density at radius 2 is 1.64 bits per heavy atom. The Balaban J connectivity index is 1.57. The lowest BCUT2D eigenvalue weighted by atomic mass is 10.1. The second-order valence-electron chi connectivity index (χ2n) is 6.13. The first-order valence-electron chi connectivity index (χ1n) is 8.77. The summed E-state index contributed by atoms with van der Waals surface area (Å²) in [6.45, 7) is -0.163. The zero-order valence-electron chi connectivity index (χ0n) is 14.9. The summed E-state index contributed by atoms with van der Waals surface area (Å²) in [4.78, 5) is 31.8. The molecule has 0 bridgehead atoms. The van der Waals surface area contributed by atoms with Crippen molar-refractivity contribution in [2.24, 2.45) is 0 Å². The highest BCUT2D eigenvalue weighted by atomic mass is 16.5. The van der Waals surface area contributed by atoms with Gasteiger partial charge in [-0.1, -0.05) is 42.5 Å². The molecule has 0 spiro atoms. The van der Waals surface area contributed by atoms with Crippen molar-refractivity contribution in [3.8, 4) is 17.1 Å². The summed E-state index contributed by atoms with van der Waals surface area (Å²) >= 11 is 0. The lowest BCUT2D eigenvalue weighted by molar-refractivity contribution is -0.118. The lowest BCUT2D eigenvalue weighted by Crippen LogP contribution is -2.20. The van der Waals surface area contributed by atoms with E-state index in [4.69, 9.17) is 4.74 Å². The largest absolute Gasteiger partial charge is 0.483 e. The van der Waals surface area contributed by atoms with Crippen LogP contribution in [-0.4, -0.2) is 22.5 Å². The molecular formula is C22H17N3O3. The van der Waals surface area contributed by atoms with Crippen LogP contribution in [0.1, 0.15) is 0 Å². The third kappa shape index (κ3) is 3.76. The van der Waals surface area contributed by atoms with Gasteiger partial charge in [-0.05, 0) is 36.4 Å². The highest BCUT2D eigenvalue weighted by Gasteiger charge is 2.12. The number of aromatic amines is 1. The number of aromatic nitrogens is 2. The van der Waals surface area contributed by atoms with Gasteiger partial charge in [-0.3, -0.25) is 9.59 Å². The molecule has 138 valence electrons. The second-order valence-corrected chi connectivity index (χ2v) is 6.13. The number of hydrogen-bond donors (Lipinski definition) is 2. The molecule has 3 aromatic carbocycles. The Morgan fingerprint density at radius 3 is 2.50 bits per heavy atom. The van der Waals surface area contributed by atoms with Gasteiger partial charge in [-0.2, -0.15) is 0 Å². The number of hydrogen-bond acceptors (Lipinski definition) is 4. The molecule has 28 heavy (non-hydrogen) atoms. The quantitative estimate of drug-likeness (QED) is 0.561. The van der Waals surface area contributed by atoms with E-state index in [1.165, 1.54) is 0 Å². The minimum absolute atomic E-state index is 0.163. The third-order valence-corrected chi connectivity index (χ3v) is 4.17. The molecule has 6 nitrogen and oxygen atoms in total.